The Morgan fingerprint density at radius 3 is 3.13 bits per heavy atom. The molecule has 10 heteroatoms. The monoisotopic (exact) mass is 335 g/mol. The summed E-state index contributed by atoms with van der Waals surface area (Å²) in [6, 6.07) is 0. The van der Waals surface area contributed by atoms with Crippen molar-refractivity contribution >= 4 is 28.3 Å². The number of aryl methyl sites for hydroxylation is 1. The minimum absolute atomic E-state index is 0.134. The average Bonchev–Trinajstić information content (AvgIpc) is 3.16. The molecule has 2 aromatic heterocycles. The second-order valence-corrected chi connectivity index (χ2v) is 6.13. The first-order valence-electron chi connectivity index (χ1n) is 7.47. The van der Waals surface area contributed by atoms with E-state index in [9.17, 15) is 9.59 Å². The predicted molar refractivity (Wildman–Crippen MR) is 82.8 cm³/mol. The number of hydrogen-bond acceptors (Lipinski definition) is 7. The molecule has 2 amide bonds. The molecule has 3 heterocycles. The molecule has 0 saturated carbocycles. The summed E-state index contributed by atoms with van der Waals surface area (Å²) in [7, 11) is 0. The Morgan fingerprint density at radius 2 is 2.30 bits per heavy atom. The van der Waals surface area contributed by atoms with Gasteiger partial charge in [0.25, 0.3) is 0 Å². The van der Waals surface area contributed by atoms with Crippen molar-refractivity contribution in [2.24, 2.45) is 0 Å². The van der Waals surface area contributed by atoms with Gasteiger partial charge in [0.05, 0.1) is 5.92 Å². The fraction of sp³-hybridized carbons (Fsp3) is 0.538. The van der Waals surface area contributed by atoms with E-state index in [-0.39, 0.29) is 30.7 Å². The van der Waals surface area contributed by atoms with Crippen molar-refractivity contribution in [3.05, 3.63) is 17.4 Å². The third-order valence-electron chi connectivity index (χ3n) is 3.63. The highest BCUT2D eigenvalue weighted by molar-refractivity contribution is 7.13. The molecular weight excluding hydrogens is 318 g/mol. The number of fused-ring (bicyclic) bond motifs is 1. The molecule has 9 nitrogen and oxygen atoms in total. The van der Waals surface area contributed by atoms with Crippen molar-refractivity contribution in [1.82, 2.24) is 30.5 Å². The summed E-state index contributed by atoms with van der Waals surface area (Å²) in [6.45, 7) is 1.01. The highest BCUT2D eigenvalue weighted by atomic mass is 32.1. The van der Waals surface area contributed by atoms with Gasteiger partial charge in [-0.1, -0.05) is 6.42 Å². The molecule has 0 fully saturated rings. The minimum atomic E-state index is -0.352. The van der Waals surface area contributed by atoms with Crippen LogP contribution in [0.25, 0.3) is 0 Å². The molecule has 0 bridgehead atoms. The zero-order chi connectivity index (χ0) is 16.1. The lowest BCUT2D eigenvalue weighted by Crippen LogP contribution is -2.33. The fourth-order valence-electron chi connectivity index (χ4n) is 2.50. The quantitative estimate of drug-likeness (QED) is 0.824. The van der Waals surface area contributed by atoms with Gasteiger partial charge in [0, 0.05) is 31.1 Å². The highest BCUT2D eigenvalue weighted by Gasteiger charge is 2.28. The Bertz CT molecular complexity index is 670. The van der Waals surface area contributed by atoms with Crippen LogP contribution in [0.1, 0.15) is 37.4 Å². The van der Waals surface area contributed by atoms with E-state index in [1.165, 1.54) is 11.3 Å². The van der Waals surface area contributed by atoms with Gasteiger partial charge in [0.1, 0.15) is 0 Å². The summed E-state index contributed by atoms with van der Waals surface area (Å²) in [6.07, 6.45) is 4.44. The summed E-state index contributed by atoms with van der Waals surface area (Å²) >= 11 is 1.35. The fourth-order valence-corrected chi connectivity index (χ4v) is 3.04. The Hall–Kier alpha value is -2.36. The molecule has 1 aliphatic heterocycles. The zero-order valence-corrected chi connectivity index (χ0v) is 13.3. The first-order valence-corrected chi connectivity index (χ1v) is 8.35. The van der Waals surface area contributed by atoms with Crippen LogP contribution in [0.4, 0.5) is 5.13 Å². The highest BCUT2D eigenvalue weighted by Crippen LogP contribution is 2.23. The molecule has 1 atom stereocenters. The summed E-state index contributed by atoms with van der Waals surface area (Å²) < 4.78 is 1.69. The SMILES string of the molecule is O=C(CCNC(=O)[C@H]1CCCCn2nnnc21)Nc1nccs1. The molecular formula is C13H17N7O2S. The van der Waals surface area contributed by atoms with E-state index in [2.05, 4.69) is 31.1 Å². The van der Waals surface area contributed by atoms with Crippen LogP contribution in [0.3, 0.4) is 0 Å². The molecule has 3 rings (SSSR count). The second kappa shape index (κ2) is 7.27. The minimum Gasteiger partial charge on any atom is -0.355 e. The summed E-state index contributed by atoms with van der Waals surface area (Å²) in [5.74, 6) is -0.0577. The van der Waals surface area contributed by atoms with Gasteiger partial charge in [-0.2, -0.15) is 0 Å². The number of thiazole rings is 1. The van der Waals surface area contributed by atoms with Crippen molar-refractivity contribution in [1.29, 1.82) is 0 Å². The number of nitrogens with zero attached hydrogens (tertiary/aromatic N) is 5. The molecule has 0 unspecified atom stereocenters. The van der Waals surface area contributed by atoms with Crippen LogP contribution in [0.15, 0.2) is 11.6 Å². The second-order valence-electron chi connectivity index (χ2n) is 5.24. The Kier molecular flexibility index (Phi) is 4.91. The lowest BCUT2D eigenvalue weighted by Gasteiger charge is -2.13. The first-order chi connectivity index (χ1) is 11.2. The van der Waals surface area contributed by atoms with Gasteiger partial charge in [-0.05, 0) is 23.3 Å². The van der Waals surface area contributed by atoms with Crippen LogP contribution in [0.2, 0.25) is 0 Å². The van der Waals surface area contributed by atoms with Crippen LogP contribution >= 0.6 is 11.3 Å². The largest absolute Gasteiger partial charge is 0.355 e. The number of hydrogen-bond donors (Lipinski definition) is 2. The van der Waals surface area contributed by atoms with Crippen molar-refractivity contribution in [2.75, 3.05) is 11.9 Å². The van der Waals surface area contributed by atoms with Crippen LogP contribution in [-0.2, 0) is 16.1 Å². The lowest BCUT2D eigenvalue weighted by atomic mass is 10.0. The third-order valence-corrected chi connectivity index (χ3v) is 4.32. The van der Waals surface area contributed by atoms with E-state index in [1.54, 1.807) is 16.3 Å². The van der Waals surface area contributed by atoms with Gasteiger partial charge < -0.3 is 10.6 Å². The van der Waals surface area contributed by atoms with E-state index >= 15 is 0 Å². The number of tetrazole rings is 1. The number of aromatic nitrogens is 5. The molecule has 1 aliphatic rings. The number of rotatable bonds is 5. The van der Waals surface area contributed by atoms with Crippen LogP contribution < -0.4 is 10.6 Å². The molecule has 2 N–H and O–H groups in total. The smallest absolute Gasteiger partial charge is 0.230 e. The number of carbonyl (C=O) groups excluding carboxylic acids is 2. The number of nitrogens with one attached hydrogen (secondary N) is 2. The van der Waals surface area contributed by atoms with E-state index in [1.807, 2.05) is 0 Å². The molecule has 0 aliphatic carbocycles. The summed E-state index contributed by atoms with van der Waals surface area (Å²) in [4.78, 5) is 28.1. The standard InChI is InChI=1S/C13H17N7O2S/c21-10(16-13-15-6-8-23-13)4-5-14-12(22)9-3-1-2-7-20-11(9)17-18-19-20/h6,8-9H,1-5,7H2,(H,14,22)(H,15,16,21)/t9-/m0/s1. The van der Waals surface area contributed by atoms with E-state index in [4.69, 9.17) is 0 Å². The number of carbonyl (C=O) groups is 2. The molecule has 0 radical (unpaired) electrons. The van der Waals surface area contributed by atoms with Crippen molar-refractivity contribution < 1.29 is 9.59 Å². The van der Waals surface area contributed by atoms with Gasteiger partial charge in [-0.15, -0.1) is 16.4 Å². The van der Waals surface area contributed by atoms with Crippen LogP contribution in [0.5, 0.6) is 0 Å². The average molecular weight is 335 g/mol. The van der Waals surface area contributed by atoms with Crippen LogP contribution in [-0.4, -0.2) is 43.6 Å². The van der Waals surface area contributed by atoms with E-state index in [0.717, 1.165) is 25.8 Å². The van der Waals surface area contributed by atoms with Gasteiger partial charge in [-0.3, -0.25) is 9.59 Å². The molecule has 0 spiro atoms. The molecule has 0 saturated heterocycles. The lowest BCUT2D eigenvalue weighted by molar-refractivity contribution is -0.123. The molecule has 0 aromatic carbocycles. The van der Waals surface area contributed by atoms with E-state index < -0.39 is 0 Å². The molecule has 122 valence electrons. The maximum absolute atomic E-state index is 12.3. The molecule has 2 aromatic rings. The molecule has 23 heavy (non-hydrogen) atoms. The van der Waals surface area contributed by atoms with Crippen LogP contribution in [0, 0.1) is 0 Å². The maximum Gasteiger partial charge on any atom is 0.230 e. The number of anilines is 1. The third kappa shape index (κ3) is 3.89. The van der Waals surface area contributed by atoms with Crippen molar-refractivity contribution in [2.45, 2.75) is 38.1 Å². The topological polar surface area (TPSA) is 115 Å². The van der Waals surface area contributed by atoms with E-state index in [0.29, 0.717) is 11.0 Å². The van der Waals surface area contributed by atoms with Gasteiger partial charge in [0.2, 0.25) is 11.8 Å². The first kappa shape index (κ1) is 15.5. The van der Waals surface area contributed by atoms with Gasteiger partial charge in [0.15, 0.2) is 11.0 Å². The van der Waals surface area contributed by atoms with Gasteiger partial charge in [-0.25, -0.2) is 9.67 Å². The summed E-state index contributed by atoms with van der Waals surface area (Å²) in [5.41, 5.74) is 0. The zero-order valence-electron chi connectivity index (χ0n) is 12.4. The van der Waals surface area contributed by atoms with Crippen molar-refractivity contribution in [3.8, 4) is 0 Å². The predicted octanol–water partition coefficient (Wildman–Crippen LogP) is 0.542. The Morgan fingerprint density at radius 1 is 1.39 bits per heavy atom. The Labute approximate surface area is 136 Å². The number of amides is 2. The maximum atomic E-state index is 12.3. The van der Waals surface area contributed by atoms with Gasteiger partial charge >= 0.3 is 0 Å². The normalized spacial score (nSPS) is 17.1. The Balaban J connectivity index is 1.49. The summed E-state index contributed by atoms with van der Waals surface area (Å²) in [5, 5.41) is 19.3. The van der Waals surface area contributed by atoms with Crippen molar-refractivity contribution in [3.63, 3.8) is 0 Å².